The van der Waals surface area contributed by atoms with E-state index in [2.05, 4.69) is 17.1 Å². The minimum Gasteiger partial charge on any atom is -0.306 e. The Morgan fingerprint density at radius 3 is 2.29 bits per heavy atom. The van der Waals surface area contributed by atoms with Crippen LogP contribution >= 0.6 is 0 Å². The minimum atomic E-state index is 0.157. The molecule has 0 aromatic heterocycles. The maximum atomic E-state index is 12.2. The first kappa shape index (κ1) is 15.2. The second kappa shape index (κ2) is 7.55. The number of Topliss-reactive ketones (excluding diaryl/α,β-unsaturated/α-hetero) is 1. The standard InChI is InChI=1S/C19H21NO/c1-20(2)14-6-9-16-10-12-18(13-11-16)19(21)15-17-7-4-3-5-8-17/h3-13H,14-15H2,1-2H3/b9-6+. The number of hydrogen-bond acceptors (Lipinski definition) is 2. The highest BCUT2D eigenvalue weighted by molar-refractivity contribution is 5.97. The molecule has 108 valence electrons. The average molecular weight is 279 g/mol. The lowest BCUT2D eigenvalue weighted by molar-refractivity contribution is 0.0993. The van der Waals surface area contributed by atoms with Crippen LogP contribution in [0.4, 0.5) is 0 Å². The number of rotatable bonds is 6. The zero-order chi connectivity index (χ0) is 15.1. The van der Waals surface area contributed by atoms with E-state index in [9.17, 15) is 4.79 Å². The molecule has 0 saturated carbocycles. The number of benzene rings is 2. The van der Waals surface area contributed by atoms with Crippen molar-refractivity contribution in [3.63, 3.8) is 0 Å². The maximum absolute atomic E-state index is 12.2. The van der Waals surface area contributed by atoms with Crippen LogP contribution in [0.25, 0.3) is 6.08 Å². The van der Waals surface area contributed by atoms with Gasteiger partial charge in [0.2, 0.25) is 0 Å². The average Bonchev–Trinajstić information content (AvgIpc) is 2.48. The van der Waals surface area contributed by atoms with Gasteiger partial charge >= 0.3 is 0 Å². The first-order valence-corrected chi connectivity index (χ1v) is 7.13. The van der Waals surface area contributed by atoms with Crippen molar-refractivity contribution in [3.8, 4) is 0 Å². The largest absolute Gasteiger partial charge is 0.306 e. The maximum Gasteiger partial charge on any atom is 0.167 e. The van der Waals surface area contributed by atoms with Gasteiger partial charge in [-0.25, -0.2) is 0 Å². The zero-order valence-corrected chi connectivity index (χ0v) is 12.6. The van der Waals surface area contributed by atoms with Gasteiger partial charge in [-0.05, 0) is 25.2 Å². The van der Waals surface area contributed by atoms with E-state index in [1.165, 1.54) is 0 Å². The fraction of sp³-hybridized carbons (Fsp3) is 0.211. The van der Waals surface area contributed by atoms with Crippen molar-refractivity contribution in [2.24, 2.45) is 0 Å². The molecule has 0 aliphatic heterocycles. The molecule has 0 fully saturated rings. The Balaban J connectivity index is 1.98. The highest BCUT2D eigenvalue weighted by Gasteiger charge is 2.06. The van der Waals surface area contributed by atoms with Crippen LogP contribution in [0.3, 0.4) is 0 Å². The Labute approximate surface area is 126 Å². The molecule has 0 N–H and O–H groups in total. The highest BCUT2D eigenvalue weighted by Crippen LogP contribution is 2.10. The lowest BCUT2D eigenvalue weighted by atomic mass is 10.0. The number of likely N-dealkylation sites (N-methyl/N-ethyl adjacent to an activating group) is 1. The van der Waals surface area contributed by atoms with E-state index in [1.54, 1.807) is 0 Å². The van der Waals surface area contributed by atoms with Crippen LogP contribution in [0.2, 0.25) is 0 Å². The summed E-state index contributed by atoms with van der Waals surface area (Å²) in [7, 11) is 4.07. The normalized spacial score (nSPS) is 11.2. The smallest absolute Gasteiger partial charge is 0.167 e. The van der Waals surface area contributed by atoms with E-state index in [-0.39, 0.29) is 5.78 Å². The summed E-state index contributed by atoms with van der Waals surface area (Å²) in [5, 5.41) is 0. The Morgan fingerprint density at radius 2 is 1.67 bits per heavy atom. The van der Waals surface area contributed by atoms with E-state index in [1.807, 2.05) is 68.7 Å². The Morgan fingerprint density at radius 1 is 1.00 bits per heavy atom. The Kier molecular flexibility index (Phi) is 5.47. The summed E-state index contributed by atoms with van der Waals surface area (Å²) in [5.74, 6) is 0.157. The number of nitrogens with zero attached hydrogens (tertiary/aromatic N) is 1. The number of ketones is 1. The molecule has 0 aliphatic rings. The van der Waals surface area contributed by atoms with Gasteiger partial charge in [-0.3, -0.25) is 4.79 Å². The van der Waals surface area contributed by atoms with Gasteiger partial charge in [0.05, 0.1) is 0 Å². The van der Waals surface area contributed by atoms with E-state index >= 15 is 0 Å². The lowest BCUT2D eigenvalue weighted by Gasteiger charge is -2.04. The topological polar surface area (TPSA) is 20.3 Å². The van der Waals surface area contributed by atoms with Gasteiger partial charge in [-0.15, -0.1) is 0 Å². The lowest BCUT2D eigenvalue weighted by Crippen LogP contribution is -2.10. The van der Waals surface area contributed by atoms with Gasteiger partial charge < -0.3 is 4.90 Å². The molecule has 0 atom stereocenters. The van der Waals surface area contributed by atoms with Crippen molar-refractivity contribution in [2.75, 3.05) is 20.6 Å². The molecule has 2 aromatic rings. The van der Waals surface area contributed by atoms with Crippen molar-refractivity contribution in [2.45, 2.75) is 6.42 Å². The number of carbonyl (C=O) groups is 1. The molecule has 2 rings (SSSR count). The predicted octanol–water partition coefficient (Wildman–Crippen LogP) is 3.69. The predicted molar refractivity (Wildman–Crippen MR) is 88.5 cm³/mol. The summed E-state index contributed by atoms with van der Waals surface area (Å²) in [6, 6.07) is 17.6. The molecular formula is C19H21NO. The summed E-state index contributed by atoms with van der Waals surface area (Å²) in [4.78, 5) is 14.3. The molecule has 0 aliphatic carbocycles. The van der Waals surface area contributed by atoms with Crippen LogP contribution in [0.15, 0.2) is 60.7 Å². The second-order valence-corrected chi connectivity index (χ2v) is 5.37. The molecule has 0 saturated heterocycles. The van der Waals surface area contributed by atoms with Crippen LogP contribution in [0.5, 0.6) is 0 Å². The fourth-order valence-corrected chi connectivity index (χ4v) is 2.06. The molecule has 0 heterocycles. The first-order valence-electron chi connectivity index (χ1n) is 7.13. The minimum absolute atomic E-state index is 0.157. The van der Waals surface area contributed by atoms with E-state index in [0.29, 0.717) is 6.42 Å². The molecule has 2 aromatic carbocycles. The Hall–Kier alpha value is -2.19. The van der Waals surface area contributed by atoms with E-state index < -0.39 is 0 Å². The van der Waals surface area contributed by atoms with Gasteiger partial charge in [-0.2, -0.15) is 0 Å². The van der Waals surface area contributed by atoms with E-state index in [0.717, 1.165) is 23.2 Å². The van der Waals surface area contributed by atoms with E-state index in [4.69, 9.17) is 0 Å². The van der Waals surface area contributed by atoms with Gasteiger partial charge in [0.25, 0.3) is 0 Å². The number of hydrogen-bond donors (Lipinski definition) is 0. The van der Waals surface area contributed by atoms with Crippen LogP contribution in [0, 0.1) is 0 Å². The van der Waals surface area contributed by atoms with Crippen molar-refractivity contribution in [3.05, 3.63) is 77.4 Å². The van der Waals surface area contributed by atoms with Crippen molar-refractivity contribution >= 4 is 11.9 Å². The second-order valence-electron chi connectivity index (χ2n) is 5.37. The summed E-state index contributed by atoms with van der Waals surface area (Å²) in [6.45, 7) is 0.911. The molecule has 21 heavy (non-hydrogen) atoms. The summed E-state index contributed by atoms with van der Waals surface area (Å²) < 4.78 is 0. The van der Waals surface area contributed by atoms with Crippen LogP contribution < -0.4 is 0 Å². The SMILES string of the molecule is CN(C)C/C=C/c1ccc(C(=O)Cc2ccccc2)cc1. The van der Waals surface area contributed by atoms with Crippen molar-refractivity contribution < 1.29 is 4.79 Å². The highest BCUT2D eigenvalue weighted by atomic mass is 16.1. The molecular weight excluding hydrogens is 258 g/mol. The third kappa shape index (κ3) is 5.01. The van der Waals surface area contributed by atoms with Crippen molar-refractivity contribution in [1.29, 1.82) is 0 Å². The third-order valence-electron chi connectivity index (χ3n) is 3.22. The first-order chi connectivity index (χ1) is 10.1. The third-order valence-corrected chi connectivity index (χ3v) is 3.22. The van der Waals surface area contributed by atoms with Crippen LogP contribution in [-0.4, -0.2) is 31.3 Å². The van der Waals surface area contributed by atoms with Gasteiger partial charge in [-0.1, -0.05) is 66.7 Å². The summed E-state index contributed by atoms with van der Waals surface area (Å²) in [5.41, 5.74) is 2.94. The quantitative estimate of drug-likeness (QED) is 0.752. The Bertz CT molecular complexity index is 597. The van der Waals surface area contributed by atoms with Gasteiger partial charge in [0.1, 0.15) is 0 Å². The van der Waals surface area contributed by atoms with Crippen molar-refractivity contribution in [1.82, 2.24) is 4.90 Å². The van der Waals surface area contributed by atoms with Crippen LogP contribution in [-0.2, 0) is 6.42 Å². The molecule has 0 radical (unpaired) electrons. The molecule has 0 unspecified atom stereocenters. The summed E-state index contributed by atoms with van der Waals surface area (Å²) in [6.07, 6.45) is 4.64. The summed E-state index contributed by atoms with van der Waals surface area (Å²) >= 11 is 0. The molecule has 2 heteroatoms. The van der Waals surface area contributed by atoms with Gasteiger partial charge in [0, 0.05) is 18.5 Å². The molecule has 2 nitrogen and oxygen atoms in total. The number of carbonyl (C=O) groups excluding carboxylic acids is 1. The molecule has 0 bridgehead atoms. The monoisotopic (exact) mass is 279 g/mol. The fourth-order valence-electron chi connectivity index (χ4n) is 2.06. The van der Waals surface area contributed by atoms with Gasteiger partial charge in [0.15, 0.2) is 5.78 Å². The zero-order valence-electron chi connectivity index (χ0n) is 12.6. The molecule has 0 amide bonds. The molecule has 0 spiro atoms. The van der Waals surface area contributed by atoms with Crippen LogP contribution in [0.1, 0.15) is 21.5 Å².